The number of rotatable bonds is 5. The number of para-hydroxylation sites is 1. The second kappa shape index (κ2) is 6.93. The largest absolute Gasteiger partial charge is 0.308 e. The zero-order valence-electron chi connectivity index (χ0n) is 13.0. The molecule has 0 bridgehead atoms. The molecule has 114 valence electrons. The van der Waals surface area contributed by atoms with Crippen LogP contribution in [-0.4, -0.2) is 12.5 Å². The SMILES string of the molecule is C=CCN(C(=O)Cc1ccc2ccccc2c1)c1ccccc1. The van der Waals surface area contributed by atoms with Crippen molar-refractivity contribution in [1.82, 2.24) is 0 Å². The van der Waals surface area contributed by atoms with E-state index in [1.165, 1.54) is 5.39 Å². The Morgan fingerprint density at radius 2 is 1.61 bits per heavy atom. The molecule has 0 aromatic heterocycles. The molecule has 2 nitrogen and oxygen atoms in total. The summed E-state index contributed by atoms with van der Waals surface area (Å²) < 4.78 is 0. The van der Waals surface area contributed by atoms with Crippen molar-refractivity contribution in [2.24, 2.45) is 0 Å². The predicted octanol–water partition coefficient (Wildman–Crippen LogP) is 4.60. The highest BCUT2D eigenvalue weighted by Gasteiger charge is 2.14. The molecule has 2 heteroatoms. The van der Waals surface area contributed by atoms with Gasteiger partial charge in [0, 0.05) is 12.2 Å². The van der Waals surface area contributed by atoms with Gasteiger partial charge in [-0.25, -0.2) is 0 Å². The quantitative estimate of drug-likeness (QED) is 0.631. The van der Waals surface area contributed by atoms with E-state index in [0.717, 1.165) is 16.6 Å². The Bertz CT molecular complexity index is 823. The summed E-state index contributed by atoms with van der Waals surface area (Å²) in [6, 6.07) is 24.1. The van der Waals surface area contributed by atoms with Crippen LogP contribution in [0.25, 0.3) is 10.8 Å². The van der Waals surface area contributed by atoms with Crippen LogP contribution in [-0.2, 0) is 11.2 Å². The first-order chi connectivity index (χ1) is 11.3. The van der Waals surface area contributed by atoms with Crippen molar-refractivity contribution < 1.29 is 4.79 Å². The van der Waals surface area contributed by atoms with E-state index < -0.39 is 0 Å². The van der Waals surface area contributed by atoms with Gasteiger partial charge >= 0.3 is 0 Å². The molecule has 3 aromatic rings. The molecule has 0 aliphatic carbocycles. The van der Waals surface area contributed by atoms with Crippen LogP contribution >= 0.6 is 0 Å². The second-order valence-electron chi connectivity index (χ2n) is 5.49. The fourth-order valence-electron chi connectivity index (χ4n) is 2.71. The fourth-order valence-corrected chi connectivity index (χ4v) is 2.71. The first-order valence-electron chi connectivity index (χ1n) is 7.72. The van der Waals surface area contributed by atoms with Crippen molar-refractivity contribution in [3.05, 3.63) is 91.0 Å². The fraction of sp³-hybridized carbons (Fsp3) is 0.0952. The second-order valence-corrected chi connectivity index (χ2v) is 5.49. The molecule has 0 aliphatic rings. The van der Waals surface area contributed by atoms with Crippen LogP contribution in [0, 0.1) is 0 Å². The van der Waals surface area contributed by atoms with Gasteiger partial charge in [0.25, 0.3) is 0 Å². The van der Waals surface area contributed by atoms with E-state index in [-0.39, 0.29) is 5.91 Å². The number of benzene rings is 3. The third-order valence-electron chi connectivity index (χ3n) is 3.85. The molecule has 23 heavy (non-hydrogen) atoms. The van der Waals surface area contributed by atoms with Gasteiger partial charge in [-0.05, 0) is 28.5 Å². The molecule has 0 saturated carbocycles. The minimum atomic E-state index is 0.0754. The van der Waals surface area contributed by atoms with Crippen LogP contribution in [0.1, 0.15) is 5.56 Å². The maximum atomic E-state index is 12.7. The lowest BCUT2D eigenvalue weighted by molar-refractivity contribution is -0.117. The van der Waals surface area contributed by atoms with Gasteiger partial charge in [0.1, 0.15) is 0 Å². The van der Waals surface area contributed by atoms with Crippen molar-refractivity contribution >= 4 is 22.4 Å². The Kier molecular flexibility index (Phi) is 4.53. The minimum Gasteiger partial charge on any atom is -0.308 e. The molecule has 0 radical (unpaired) electrons. The molecular formula is C21H19NO. The summed E-state index contributed by atoms with van der Waals surface area (Å²) in [6.45, 7) is 4.27. The normalized spacial score (nSPS) is 10.4. The number of hydrogen-bond donors (Lipinski definition) is 0. The number of hydrogen-bond acceptors (Lipinski definition) is 1. The average Bonchev–Trinajstić information content (AvgIpc) is 2.60. The monoisotopic (exact) mass is 301 g/mol. The van der Waals surface area contributed by atoms with Crippen molar-refractivity contribution in [2.75, 3.05) is 11.4 Å². The van der Waals surface area contributed by atoms with Gasteiger partial charge in [-0.1, -0.05) is 66.7 Å². The first kappa shape index (κ1) is 15.0. The van der Waals surface area contributed by atoms with Gasteiger partial charge < -0.3 is 4.90 Å². The average molecular weight is 301 g/mol. The smallest absolute Gasteiger partial charge is 0.231 e. The van der Waals surface area contributed by atoms with Crippen LogP contribution in [0.2, 0.25) is 0 Å². The maximum Gasteiger partial charge on any atom is 0.231 e. The number of amides is 1. The Balaban J connectivity index is 1.84. The van der Waals surface area contributed by atoms with Gasteiger partial charge in [-0.15, -0.1) is 6.58 Å². The number of nitrogens with zero attached hydrogens (tertiary/aromatic N) is 1. The van der Waals surface area contributed by atoms with E-state index in [2.05, 4.69) is 30.8 Å². The highest BCUT2D eigenvalue weighted by molar-refractivity contribution is 5.95. The lowest BCUT2D eigenvalue weighted by atomic mass is 10.0. The maximum absolute atomic E-state index is 12.7. The van der Waals surface area contributed by atoms with E-state index in [4.69, 9.17) is 0 Å². The third-order valence-corrected chi connectivity index (χ3v) is 3.85. The summed E-state index contributed by atoms with van der Waals surface area (Å²) in [5, 5.41) is 2.35. The number of fused-ring (bicyclic) bond motifs is 1. The zero-order chi connectivity index (χ0) is 16.1. The number of carbonyl (C=O) groups excluding carboxylic acids is 1. The van der Waals surface area contributed by atoms with E-state index in [9.17, 15) is 4.79 Å². The van der Waals surface area contributed by atoms with Gasteiger partial charge in [-0.3, -0.25) is 4.79 Å². The third kappa shape index (κ3) is 3.49. The Morgan fingerprint density at radius 1 is 0.913 bits per heavy atom. The molecular weight excluding hydrogens is 282 g/mol. The molecule has 0 spiro atoms. The van der Waals surface area contributed by atoms with E-state index in [0.29, 0.717) is 13.0 Å². The number of carbonyl (C=O) groups is 1. The minimum absolute atomic E-state index is 0.0754. The van der Waals surface area contributed by atoms with Crippen molar-refractivity contribution in [3.63, 3.8) is 0 Å². The highest BCUT2D eigenvalue weighted by atomic mass is 16.2. The lowest BCUT2D eigenvalue weighted by Gasteiger charge is -2.21. The van der Waals surface area contributed by atoms with Gasteiger partial charge in [0.2, 0.25) is 5.91 Å². The zero-order valence-corrected chi connectivity index (χ0v) is 13.0. The summed E-state index contributed by atoms with van der Waals surface area (Å²) in [5.74, 6) is 0.0754. The lowest BCUT2D eigenvalue weighted by Crippen LogP contribution is -2.32. The molecule has 0 heterocycles. The van der Waals surface area contributed by atoms with Crippen molar-refractivity contribution in [2.45, 2.75) is 6.42 Å². The molecule has 1 amide bonds. The van der Waals surface area contributed by atoms with Crippen LogP contribution in [0.3, 0.4) is 0 Å². The molecule has 3 aromatic carbocycles. The van der Waals surface area contributed by atoms with Crippen LogP contribution in [0.4, 0.5) is 5.69 Å². The van der Waals surface area contributed by atoms with Crippen LogP contribution in [0.15, 0.2) is 85.5 Å². The predicted molar refractivity (Wildman–Crippen MR) is 96.6 cm³/mol. The number of anilines is 1. The van der Waals surface area contributed by atoms with Crippen LogP contribution < -0.4 is 4.90 Å². The molecule has 0 atom stereocenters. The Hall–Kier alpha value is -2.87. The summed E-state index contributed by atoms with van der Waals surface area (Å²) in [6.07, 6.45) is 2.14. The van der Waals surface area contributed by atoms with Crippen molar-refractivity contribution in [3.8, 4) is 0 Å². The summed E-state index contributed by atoms with van der Waals surface area (Å²) in [7, 11) is 0. The van der Waals surface area contributed by atoms with Gasteiger partial charge in [0.15, 0.2) is 0 Å². The highest BCUT2D eigenvalue weighted by Crippen LogP contribution is 2.18. The topological polar surface area (TPSA) is 20.3 Å². The van der Waals surface area contributed by atoms with Gasteiger partial charge in [0.05, 0.1) is 6.42 Å². The van der Waals surface area contributed by atoms with Crippen LogP contribution in [0.5, 0.6) is 0 Å². The first-order valence-corrected chi connectivity index (χ1v) is 7.72. The summed E-state index contributed by atoms with van der Waals surface area (Å²) >= 11 is 0. The molecule has 0 N–H and O–H groups in total. The van der Waals surface area contributed by atoms with Gasteiger partial charge in [-0.2, -0.15) is 0 Å². The molecule has 0 fully saturated rings. The molecule has 0 unspecified atom stereocenters. The summed E-state index contributed by atoms with van der Waals surface area (Å²) in [5.41, 5.74) is 1.93. The van der Waals surface area contributed by atoms with E-state index in [1.54, 1.807) is 11.0 Å². The molecule has 3 rings (SSSR count). The summed E-state index contributed by atoms with van der Waals surface area (Å²) in [4.78, 5) is 14.5. The van der Waals surface area contributed by atoms with Crippen molar-refractivity contribution in [1.29, 1.82) is 0 Å². The Morgan fingerprint density at radius 3 is 2.35 bits per heavy atom. The van der Waals surface area contributed by atoms with E-state index >= 15 is 0 Å². The Labute approximate surface area is 136 Å². The standard InChI is InChI=1S/C21H19NO/c1-2-14-22(20-10-4-3-5-11-20)21(23)16-17-12-13-18-8-6-7-9-19(18)15-17/h2-13,15H,1,14,16H2. The molecule has 0 aliphatic heterocycles. The van der Waals surface area contributed by atoms with E-state index in [1.807, 2.05) is 48.5 Å². The molecule has 0 saturated heterocycles.